The summed E-state index contributed by atoms with van der Waals surface area (Å²) in [5, 5.41) is 13.5. The molecule has 0 radical (unpaired) electrons. The maximum absolute atomic E-state index is 13.1. The molecule has 1 saturated heterocycles. The lowest BCUT2D eigenvalue weighted by Crippen LogP contribution is -2.50. The van der Waals surface area contributed by atoms with Crippen molar-refractivity contribution >= 4 is 46.0 Å². The second-order valence-electron chi connectivity index (χ2n) is 12.3. The number of nitrogens with two attached hydrogens (primary N) is 1. The number of nitrogens with one attached hydrogen (secondary N) is 3. The van der Waals surface area contributed by atoms with E-state index in [0.717, 1.165) is 43.1 Å². The Balaban J connectivity index is 1.22. The lowest BCUT2D eigenvalue weighted by molar-refractivity contribution is 0.102. The van der Waals surface area contributed by atoms with Crippen LogP contribution in [0.15, 0.2) is 30.6 Å². The molecular weight excluding hydrogens is 530 g/mol. The first kappa shape index (κ1) is 27.8. The van der Waals surface area contributed by atoms with Crippen molar-refractivity contribution in [1.82, 2.24) is 35.0 Å². The molecule has 3 aromatic heterocycles. The van der Waals surface area contributed by atoms with Gasteiger partial charge in [0.25, 0.3) is 5.91 Å². The van der Waals surface area contributed by atoms with Crippen molar-refractivity contribution in [1.29, 1.82) is 0 Å². The highest BCUT2D eigenvalue weighted by atomic mass is 16.1. The van der Waals surface area contributed by atoms with E-state index in [0.29, 0.717) is 46.0 Å². The van der Waals surface area contributed by atoms with Gasteiger partial charge in [-0.3, -0.25) is 14.8 Å². The quantitative estimate of drug-likeness (QED) is 0.263. The summed E-state index contributed by atoms with van der Waals surface area (Å²) in [6.45, 7) is 11.9. The fourth-order valence-corrected chi connectivity index (χ4v) is 5.73. The summed E-state index contributed by atoms with van der Waals surface area (Å²) in [4.78, 5) is 36.2. The van der Waals surface area contributed by atoms with Crippen LogP contribution in [0.2, 0.25) is 0 Å². The summed E-state index contributed by atoms with van der Waals surface area (Å²) >= 11 is 0. The molecule has 2 fully saturated rings. The Morgan fingerprint density at radius 1 is 1.02 bits per heavy atom. The molecule has 0 unspecified atom stereocenters. The highest BCUT2D eigenvalue weighted by Gasteiger charge is 2.28. The second-order valence-corrected chi connectivity index (χ2v) is 12.3. The number of nitrogens with zero attached hydrogens (tertiary/aromatic N) is 7. The minimum absolute atomic E-state index is 0.103. The number of aromatic nitrogens is 6. The number of anilines is 5. The molecule has 0 atom stereocenters. The Hall–Kier alpha value is -4.32. The number of aromatic amines is 1. The Bertz CT molecular complexity index is 1590. The van der Waals surface area contributed by atoms with E-state index >= 15 is 0 Å². The SMILES string of the molecule is Cc1ccc(C(=O)Nc2cc(C(C)(C)C)[nH]n2)cc1Nc1ncnc2c(N)nc(N3CCN(C4CCCC4)CC3)nc12. The first-order valence-electron chi connectivity index (χ1n) is 14.7. The summed E-state index contributed by atoms with van der Waals surface area (Å²) in [6.07, 6.45) is 6.71. The van der Waals surface area contributed by atoms with Crippen LogP contribution in [-0.4, -0.2) is 73.2 Å². The van der Waals surface area contributed by atoms with Crippen molar-refractivity contribution in [3.8, 4) is 0 Å². The lowest BCUT2D eigenvalue weighted by atomic mass is 9.92. The standard InChI is InChI=1S/C30H39N11O/c1-18-9-10-19(28(42)35-23-16-22(38-39-23)30(2,3)4)15-21(18)34-27-25-24(32-17-33-27)26(31)37-29(36-25)41-13-11-40(12-14-41)20-7-5-6-8-20/h9-10,15-17,20H,5-8,11-14H2,1-4H3,(H2,31,36,37)(H,32,33,34)(H2,35,38,39,42). The summed E-state index contributed by atoms with van der Waals surface area (Å²) in [5.41, 5.74) is 10.4. The molecule has 4 heterocycles. The van der Waals surface area contributed by atoms with Gasteiger partial charge in [-0.15, -0.1) is 0 Å². The van der Waals surface area contributed by atoms with Crippen LogP contribution in [0.5, 0.6) is 0 Å². The predicted molar refractivity (Wildman–Crippen MR) is 165 cm³/mol. The molecule has 6 rings (SSSR count). The number of amides is 1. The van der Waals surface area contributed by atoms with E-state index in [9.17, 15) is 4.79 Å². The molecule has 1 amide bonds. The van der Waals surface area contributed by atoms with Crippen LogP contribution in [0.25, 0.3) is 11.0 Å². The van der Waals surface area contributed by atoms with Crippen molar-refractivity contribution in [2.45, 2.75) is 64.8 Å². The zero-order chi connectivity index (χ0) is 29.4. The molecule has 1 aliphatic heterocycles. The maximum atomic E-state index is 13.1. The number of H-pyrrole nitrogens is 1. The zero-order valence-corrected chi connectivity index (χ0v) is 24.7. The molecule has 2 aliphatic rings. The minimum atomic E-state index is -0.261. The fourth-order valence-electron chi connectivity index (χ4n) is 5.73. The molecule has 42 heavy (non-hydrogen) atoms. The van der Waals surface area contributed by atoms with Gasteiger partial charge < -0.3 is 21.3 Å². The van der Waals surface area contributed by atoms with E-state index in [2.05, 4.69) is 66.4 Å². The van der Waals surface area contributed by atoms with Gasteiger partial charge in [0.2, 0.25) is 5.95 Å². The molecule has 1 aliphatic carbocycles. The third-order valence-electron chi connectivity index (χ3n) is 8.32. The lowest BCUT2D eigenvalue weighted by Gasteiger charge is -2.38. The number of benzene rings is 1. The van der Waals surface area contributed by atoms with Crippen LogP contribution >= 0.6 is 0 Å². The number of fused-ring (bicyclic) bond motifs is 1. The average molecular weight is 570 g/mol. The Morgan fingerprint density at radius 2 is 1.79 bits per heavy atom. The van der Waals surface area contributed by atoms with Gasteiger partial charge in [0.05, 0.1) is 0 Å². The monoisotopic (exact) mass is 569 g/mol. The molecule has 4 aromatic rings. The Kier molecular flexibility index (Phi) is 7.40. The minimum Gasteiger partial charge on any atom is -0.382 e. The number of aryl methyl sites for hydroxylation is 1. The Morgan fingerprint density at radius 3 is 2.50 bits per heavy atom. The number of hydrogen-bond acceptors (Lipinski definition) is 10. The number of hydrogen-bond donors (Lipinski definition) is 4. The molecule has 0 spiro atoms. The van der Waals surface area contributed by atoms with Gasteiger partial charge in [0, 0.05) is 60.6 Å². The van der Waals surface area contributed by atoms with Crippen LogP contribution in [-0.2, 0) is 5.41 Å². The van der Waals surface area contributed by atoms with Crippen molar-refractivity contribution in [3.63, 3.8) is 0 Å². The average Bonchev–Trinajstić information content (AvgIpc) is 3.68. The molecule has 0 bridgehead atoms. The summed E-state index contributed by atoms with van der Waals surface area (Å²) in [6, 6.07) is 8.04. The number of carbonyl (C=O) groups is 1. The number of piperazine rings is 1. The van der Waals surface area contributed by atoms with E-state index < -0.39 is 0 Å². The zero-order valence-electron chi connectivity index (χ0n) is 24.7. The third kappa shape index (κ3) is 5.71. The van der Waals surface area contributed by atoms with Gasteiger partial charge in [-0.1, -0.05) is 39.7 Å². The smallest absolute Gasteiger partial charge is 0.256 e. The van der Waals surface area contributed by atoms with Crippen LogP contribution < -0.4 is 21.3 Å². The van der Waals surface area contributed by atoms with Crippen LogP contribution in [0.1, 0.15) is 68.1 Å². The van der Waals surface area contributed by atoms with Crippen LogP contribution in [0.3, 0.4) is 0 Å². The van der Waals surface area contributed by atoms with Crippen LogP contribution in [0, 0.1) is 6.92 Å². The highest BCUT2D eigenvalue weighted by molar-refractivity contribution is 6.04. The highest BCUT2D eigenvalue weighted by Crippen LogP contribution is 2.30. The van der Waals surface area contributed by atoms with Gasteiger partial charge >= 0.3 is 0 Å². The van der Waals surface area contributed by atoms with Gasteiger partial charge in [0.15, 0.2) is 17.5 Å². The normalized spacial score (nSPS) is 16.7. The largest absolute Gasteiger partial charge is 0.382 e. The number of nitrogen functional groups attached to an aromatic ring is 1. The summed E-state index contributed by atoms with van der Waals surface area (Å²) < 4.78 is 0. The molecule has 220 valence electrons. The van der Waals surface area contributed by atoms with E-state index in [4.69, 9.17) is 10.7 Å². The molecule has 5 N–H and O–H groups in total. The number of rotatable bonds is 6. The van der Waals surface area contributed by atoms with Crippen molar-refractivity contribution < 1.29 is 4.79 Å². The fraction of sp³-hybridized carbons (Fsp3) is 0.467. The predicted octanol–water partition coefficient (Wildman–Crippen LogP) is 4.39. The van der Waals surface area contributed by atoms with E-state index in [1.807, 2.05) is 19.1 Å². The molecule has 1 aromatic carbocycles. The first-order valence-corrected chi connectivity index (χ1v) is 14.7. The third-order valence-corrected chi connectivity index (χ3v) is 8.32. The van der Waals surface area contributed by atoms with Gasteiger partial charge in [-0.05, 0) is 37.5 Å². The first-order chi connectivity index (χ1) is 20.2. The van der Waals surface area contributed by atoms with Crippen molar-refractivity contribution in [2.24, 2.45) is 0 Å². The van der Waals surface area contributed by atoms with Gasteiger partial charge in [-0.25, -0.2) is 15.0 Å². The topological polar surface area (TPSA) is 154 Å². The van der Waals surface area contributed by atoms with Crippen molar-refractivity contribution in [3.05, 3.63) is 47.4 Å². The molecule has 12 nitrogen and oxygen atoms in total. The van der Waals surface area contributed by atoms with E-state index in [1.54, 1.807) is 12.1 Å². The van der Waals surface area contributed by atoms with Gasteiger partial charge in [0.1, 0.15) is 17.4 Å². The van der Waals surface area contributed by atoms with Gasteiger partial charge in [-0.2, -0.15) is 10.1 Å². The van der Waals surface area contributed by atoms with Crippen LogP contribution in [0.4, 0.5) is 29.1 Å². The van der Waals surface area contributed by atoms with E-state index in [1.165, 1.54) is 32.0 Å². The van der Waals surface area contributed by atoms with Crippen molar-refractivity contribution in [2.75, 3.05) is 47.4 Å². The van der Waals surface area contributed by atoms with E-state index in [-0.39, 0.29) is 11.3 Å². The Labute approximate surface area is 245 Å². The number of carbonyl (C=O) groups excluding carboxylic acids is 1. The maximum Gasteiger partial charge on any atom is 0.256 e. The summed E-state index contributed by atoms with van der Waals surface area (Å²) in [5.74, 6) is 1.62. The molecule has 1 saturated carbocycles. The second kappa shape index (κ2) is 11.2. The molecule has 12 heteroatoms. The summed E-state index contributed by atoms with van der Waals surface area (Å²) in [7, 11) is 0. The molecular formula is C30H39N11O.